The first-order valence-electron chi connectivity index (χ1n) is 12.0. The first-order chi connectivity index (χ1) is 18.0. The molecular formula is C26H32F4N2O6. The molecule has 2 N–H and O–H groups in total. The molecule has 2 amide bonds. The summed E-state index contributed by atoms with van der Waals surface area (Å²) in [5.74, 6) is -5.22. The summed E-state index contributed by atoms with van der Waals surface area (Å²) in [6, 6.07) is 8.69. The monoisotopic (exact) mass is 544 g/mol. The van der Waals surface area contributed by atoms with Crippen LogP contribution < -0.4 is 10.1 Å². The van der Waals surface area contributed by atoms with E-state index in [9.17, 15) is 32.3 Å². The Balaban J connectivity index is 1.94. The first-order valence-corrected chi connectivity index (χ1v) is 12.0. The average Bonchev–Trinajstić information content (AvgIpc) is 2.84. The van der Waals surface area contributed by atoms with E-state index in [1.165, 1.54) is 4.90 Å². The Hall–Kier alpha value is -3.38. The van der Waals surface area contributed by atoms with Gasteiger partial charge in [-0.2, -0.15) is 0 Å². The maximum Gasteiger partial charge on any atom is 0.333 e. The number of alkyl halides is 2. The Labute approximate surface area is 218 Å². The number of carboxylic acid groups (broad SMARTS) is 1. The Morgan fingerprint density at radius 2 is 1.74 bits per heavy atom. The zero-order chi connectivity index (χ0) is 28.1. The van der Waals surface area contributed by atoms with Crippen LogP contribution >= 0.6 is 0 Å². The largest absolute Gasteiger partial charge is 0.492 e. The van der Waals surface area contributed by atoms with Gasteiger partial charge < -0.3 is 29.5 Å². The molecule has 0 aliphatic rings. The zero-order valence-electron chi connectivity index (χ0n) is 21.2. The third kappa shape index (κ3) is 11.3. The molecule has 0 saturated heterocycles. The van der Waals surface area contributed by atoms with E-state index in [-0.39, 0.29) is 51.6 Å². The number of nitrogens with one attached hydrogen (secondary N) is 1. The third-order valence-electron chi connectivity index (χ3n) is 5.27. The van der Waals surface area contributed by atoms with E-state index in [0.29, 0.717) is 11.8 Å². The standard InChI is InChI=1S/C26H32F4N2O6/c1-3-37-23(24(33)34)16-18-4-7-20(8-5-18)38-15-12-32(11-14-36-13-10-26(2,29)30)25(35)31-22-9-6-19(27)17-21(22)28/h4-9,17,23H,3,10-16H2,1-2H3,(H,31,35)(H,33,34). The molecule has 1 unspecified atom stereocenters. The van der Waals surface area contributed by atoms with Crippen LogP contribution in [0.25, 0.3) is 0 Å². The quantitative estimate of drug-likeness (QED) is 0.229. The highest BCUT2D eigenvalue weighted by atomic mass is 19.3. The highest BCUT2D eigenvalue weighted by Crippen LogP contribution is 2.18. The molecule has 210 valence electrons. The molecule has 38 heavy (non-hydrogen) atoms. The number of carbonyl (C=O) groups is 2. The van der Waals surface area contributed by atoms with E-state index >= 15 is 0 Å². The molecule has 0 radical (unpaired) electrons. The summed E-state index contributed by atoms with van der Waals surface area (Å²) in [6.45, 7) is 2.57. The molecule has 0 spiro atoms. The van der Waals surface area contributed by atoms with Gasteiger partial charge in [-0.05, 0) is 43.7 Å². The Morgan fingerprint density at radius 3 is 2.34 bits per heavy atom. The molecule has 12 heteroatoms. The predicted octanol–water partition coefficient (Wildman–Crippen LogP) is 4.97. The molecule has 0 heterocycles. The summed E-state index contributed by atoms with van der Waals surface area (Å²) in [5.41, 5.74) is 0.506. The van der Waals surface area contributed by atoms with Crippen molar-refractivity contribution in [1.82, 2.24) is 4.90 Å². The number of ether oxygens (including phenoxy) is 3. The topological polar surface area (TPSA) is 97.3 Å². The molecule has 0 bridgehead atoms. The second kappa shape index (κ2) is 15.1. The summed E-state index contributed by atoms with van der Waals surface area (Å²) >= 11 is 0. The van der Waals surface area contributed by atoms with Crippen molar-refractivity contribution in [3.05, 3.63) is 59.7 Å². The minimum atomic E-state index is -2.88. The lowest BCUT2D eigenvalue weighted by Gasteiger charge is -2.23. The van der Waals surface area contributed by atoms with E-state index in [1.54, 1.807) is 31.2 Å². The summed E-state index contributed by atoms with van der Waals surface area (Å²) < 4.78 is 69.2. The van der Waals surface area contributed by atoms with Gasteiger partial charge in [0.2, 0.25) is 5.92 Å². The van der Waals surface area contributed by atoms with Gasteiger partial charge in [0.05, 0.1) is 25.4 Å². The molecular weight excluding hydrogens is 512 g/mol. The van der Waals surface area contributed by atoms with Crippen molar-refractivity contribution in [2.24, 2.45) is 0 Å². The van der Waals surface area contributed by atoms with Crippen molar-refractivity contribution < 1.29 is 46.5 Å². The average molecular weight is 545 g/mol. The van der Waals surface area contributed by atoms with Gasteiger partial charge in [0, 0.05) is 32.1 Å². The van der Waals surface area contributed by atoms with Crippen LogP contribution in [0.1, 0.15) is 25.8 Å². The van der Waals surface area contributed by atoms with Gasteiger partial charge in [-0.25, -0.2) is 27.2 Å². The molecule has 0 aliphatic carbocycles. The van der Waals surface area contributed by atoms with Crippen LogP contribution in [0, 0.1) is 11.6 Å². The van der Waals surface area contributed by atoms with Crippen molar-refractivity contribution >= 4 is 17.7 Å². The predicted molar refractivity (Wildman–Crippen MR) is 132 cm³/mol. The summed E-state index contributed by atoms with van der Waals surface area (Å²) in [4.78, 5) is 25.2. The van der Waals surface area contributed by atoms with Gasteiger partial charge in [-0.15, -0.1) is 0 Å². The summed E-state index contributed by atoms with van der Waals surface area (Å²) in [7, 11) is 0. The van der Waals surface area contributed by atoms with Crippen LogP contribution in [-0.4, -0.2) is 73.6 Å². The minimum absolute atomic E-state index is 0.000234. The van der Waals surface area contributed by atoms with Crippen LogP contribution in [0.5, 0.6) is 5.75 Å². The Kier molecular flexibility index (Phi) is 12.3. The van der Waals surface area contributed by atoms with E-state index < -0.39 is 42.1 Å². The number of carbonyl (C=O) groups excluding carboxylic acids is 1. The molecule has 1 atom stereocenters. The van der Waals surface area contributed by atoms with Crippen LogP contribution in [0.15, 0.2) is 42.5 Å². The molecule has 8 nitrogen and oxygen atoms in total. The van der Waals surface area contributed by atoms with E-state index in [2.05, 4.69) is 5.32 Å². The molecule has 0 aliphatic heterocycles. The fourth-order valence-corrected chi connectivity index (χ4v) is 3.26. The highest BCUT2D eigenvalue weighted by molar-refractivity contribution is 5.89. The maximum absolute atomic E-state index is 14.0. The number of urea groups is 1. The Morgan fingerprint density at radius 1 is 1.05 bits per heavy atom. The molecule has 0 saturated carbocycles. The van der Waals surface area contributed by atoms with E-state index in [0.717, 1.165) is 24.6 Å². The SMILES string of the molecule is CCOC(Cc1ccc(OCCN(CCOCCC(C)(F)F)C(=O)Nc2ccc(F)cc2F)cc1)C(=O)O. The second-order valence-corrected chi connectivity index (χ2v) is 8.45. The third-order valence-corrected chi connectivity index (χ3v) is 5.27. The van der Waals surface area contributed by atoms with Crippen molar-refractivity contribution in [1.29, 1.82) is 0 Å². The number of carboxylic acids is 1. The van der Waals surface area contributed by atoms with Gasteiger partial charge >= 0.3 is 12.0 Å². The number of halogens is 4. The van der Waals surface area contributed by atoms with Gasteiger partial charge in [0.25, 0.3) is 0 Å². The molecule has 2 aromatic carbocycles. The summed E-state index contributed by atoms with van der Waals surface area (Å²) in [6.07, 6.45) is -1.26. The smallest absolute Gasteiger partial charge is 0.333 e. The number of rotatable bonds is 16. The summed E-state index contributed by atoms with van der Waals surface area (Å²) in [5, 5.41) is 11.6. The lowest BCUT2D eigenvalue weighted by molar-refractivity contribution is -0.149. The number of nitrogens with zero attached hydrogens (tertiary/aromatic N) is 1. The van der Waals surface area contributed by atoms with Gasteiger partial charge in [-0.3, -0.25) is 0 Å². The van der Waals surface area contributed by atoms with Gasteiger partial charge in [-0.1, -0.05) is 12.1 Å². The normalized spacial score (nSPS) is 12.2. The number of anilines is 1. The highest BCUT2D eigenvalue weighted by Gasteiger charge is 2.21. The second-order valence-electron chi connectivity index (χ2n) is 8.45. The number of benzene rings is 2. The number of hydrogen-bond donors (Lipinski definition) is 2. The van der Waals surface area contributed by atoms with Crippen LogP contribution in [0.4, 0.5) is 28.0 Å². The van der Waals surface area contributed by atoms with Crippen molar-refractivity contribution in [3.8, 4) is 5.75 Å². The minimum Gasteiger partial charge on any atom is -0.492 e. The van der Waals surface area contributed by atoms with Crippen molar-refractivity contribution in [3.63, 3.8) is 0 Å². The lowest BCUT2D eigenvalue weighted by Crippen LogP contribution is -2.40. The fraction of sp³-hybridized carbons (Fsp3) is 0.462. The molecule has 2 aromatic rings. The van der Waals surface area contributed by atoms with E-state index in [4.69, 9.17) is 14.2 Å². The maximum atomic E-state index is 14.0. The first kappa shape index (κ1) is 30.8. The number of hydrogen-bond acceptors (Lipinski definition) is 5. The van der Waals surface area contributed by atoms with Crippen LogP contribution in [-0.2, 0) is 20.7 Å². The van der Waals surface area contributed by atoms with Crippen molar-refractivity contribution in [2.45, 2.75) is 38.7 Å². The van der Waals surface area contributed by atoms with Gasteiger partial charge in [0.1, 0.15) is 24.0 Å². The number of amides is 2. The van der Waals surface area contributed by atoms with Crippen LogP contribution in [0.2, 0.25) is 0 Å². The van der Waals surface area contributed by atoms with E-state index in [1.807, 2.05) is 0 Å². The van der Waals surface area contributed by atoms with Crippen LogP contribution in [0.3, 0.4) is 0 Å². The number of aliphatic carboxylic acids is 1. The lowest BCUT2D eigenvalue weighted by atomic mass is 10.1. The fourth-order valence-electron chi connectivity index (χ4n) is 3.26. The molecule has 0 aromatic heterocycles. The molecule has 0 fully saturated rings. The molecule has 2 rings (SSSR count). The Bertz CT molecular complexity index is 1030. The zero-order valence-corrected chi connectivity index (χ0v) is 21.2. The van der Waals surface area contributed by atoms with Crippen molar-refractivity contribution in [2.75, 3.05) is 44.8 Å². The van der Waals surface area contributed by atoms with Gasteiger partial charge in [0.15, 0.2) is 6.10 Å².